The average Bonchev–Trinajstić information content (AvgIpc) is 2.68. The SMILES string of the molecule is Cc1cccc2c1NC1(CCCC1)C[C@H]2C. The van der Waals surface area contributed by atoms with Crippen LogP contribution in [0.1, 0.15) is 56.1 Å². The zero-order valence-electron chi connectivity index (χ0n) is 10.3. The summed E-state index contributed by atoms with van der Waals surface area (Å²) in [6.07, 6.45) is 6.86. The molecule has 0 radical (unpaired) electrons. The third-order valence-electron chi connectivity index (χ3n) is 4.48. The van der Waals surface area contributed by atoms with Gasteiger partial charge in [0, 0.05) is 11.2 Å². The van der Waals surface area contributed by atoms with Gasteiger partial charge in [0.25, 0.3) is 0 Å². The largest absolute Gasteiger partial charge is 0.379 e. The molecule has 1 heteroatoms. The van der Waals surface area contributed by atoms with Crippen LogP contribution in [0.5, 0.6) is 0 Å². The van der Waals surface area contributed by atoms with E-state index in [0.29, 0.717) is 11.5 Å². The van der Waals surface area contributed by atoms with E-state index < -0.39 is 0 Å². The second kappa shape index (κ2) is 3.51. The number of fused-ring (bicyclic) bond motifs is 1. The van der Waals surface area contributed by atoms with E-state index in [2.05, 4.69) is 37.4 Å². The fourth-order valence-corrected chi connectivity index (χ4v) is 3.67. The van der Waals surface area contributed by atoms with Gasteiger partial charge in [-0.15, -0.1) is 0 Å². The van der Waals surface area contributed by atoms with Gasteiger partial charge in [0.15, 0.2) is 0 Å². The first-order chi connectivity index (χ1) is 7.70. The van der Waals surface area contributed by atoms with Crippen LogP contribution in [0.2, 0.25) is 0 Å². The Bertz CT molecular complexity index is 402. The highest BCUT2D eigenvalue weighted by atomic mass is 15.0. The zero-order chi connectivity index (χ0) is 11.2. The lowest BCUT2D eigenvalue weighted by Gasteiger charge is -2.41. The van der Waals surface area contributed by atoms with E-state index in [1.807, 2.05) is 0 Å². The van der Waals surface area contributed by atoms with E-state index in [9.17, 15) is 0 Å². The van der Waals surface area contributed by atoms with Crippen molar-refractivity contribution in [1.82, 2.24) is 0 Å². The van der Waals surface area contributed by atoms with Crippen LogP contribution in [-0.2, 0) is 0 Å². The number of aryl methyl sites for hydroxylation is 1. The van der Waals surface area contributed by atoms with Crippen LogP contribution in [0.3, 0.4) is 0 Å². The first-order valence-electron chi connectivity index (χ1n) is 6.58. The van der Waals surface area contributed by atoms with Crippen molar-refractivity contribution in [1.29, 1.82) is 0 Å². The lowest BCUT2D eigenvalue weighted by molar-refractivity contribution is 0.396. The molecule has 1 aliphatic heterocycles. The molecule has 0 saturated heterocycles. The number of anilines is 1. The summed E-state index contributed by atoms with van der Waals surface area (Å²) in [4.78, 5) is 0. The van der Waals surface area contributed by atoms with Crippen LogP contribution in [-0.4, -0.2) is 5.54 Å². The molecule has 1 aliphatic carbocycles. The highest BCUT2D eigenvalue weighted by Gasteiger charge is 2.39. The van der Waals surface area contributed by atoms with E-state index in [4.69, 9.17) is 0 Å². The van der Waals surface area contributed by atoms with Gasteiger partial charge in [-0.25, -0.2) is 0 Å². The summed E-state index contributed by atoms with van der Waals surface area (Å²) < 4.78 is 0. The van der Waals surface area contributed by atoms with E-state index in [0.717, 1.165) is 0 Å². The zero-order valence-corrected chi connectivity index (χ0v) is 10.3. The number of para-hydroxylation sites is 1. The van der Waals surface area contributed by atoms with Crippen LogP contribution in [0, 0.1) is 6.92 Å². The quantitative estimate of drug-likeness (QED) is 0.683. The van der Waals surface area contributed by atoms with Gasteiger partial charge >= 0.3 is 0 Å². The molecule has 1 nitrogen and oxygen atoms in total. The smallest absolute Gasteiger partial charge is 0.0409 e. The van der Waals surface area contributed by atoms with E-state index in [1.165, 1.54) is 48.9 Å². The van der Waals surface area contributed by atoms with Crippen molar-refractivity contribution in [3.8, 4) is 0 Å². The van der Waals surface area contributed by atoms with Crippen molar-refractivity contribution in [2.75, 3.05) is 5.32 Å². The molecule has 16 heavy (non-hydrogen) atoms. The van der Waals surface area contributed by atoms with E-state index in [-0.39, 0.29) is 0 Å². The maximum absolute atomic E-state index is 3.87. The molecule has 1 atom stereocenters. The van der Waals surface area contributed by atoms with Crippen molar-refractivity contribution < 1.29 is 0 Å². The Morgan fingerprint density at radius 2 is 2.00 bits per heavy atom. The molecule has 0 bridgehead atoms. The highest BCUT2D eigenvalue weighted by molar-refractivity contribution is 5.62. The molecular weight excluding hydrogens is 194 g/mol. The highest BCUT2D eigenvalue weighted by Crippen LogP contribution is 2.47. The molecule has 0 aromatic heterocycles. The van der Waals surface area contributed by atoms with Crippen molar-refractivity contribution in [2.24, 2.45) is 0 Å². The predicted molar refractivity (Wildman–Crippen MR) is 69.0 cm³/mol. The Morgan fingerprint density at radius 3 is 2.75 bits per heavy atom. The summed E-state index contributed by atoms with van der Waals surface area (Å²) in [6.45, 7) is 4.62. The molecule has 3 rings (SSSR count). The fraction of sp³-hybridized carbons (Fsp3) is 0.600. The van der Waals surface area contributed by atoms with Gasteiger partial charge < -0.3 is 5.32 Å². The fourth-order valence-electron chi connectivity index (χ4n) is 3.67. The van der Waals surface area contributed by atoms with Crippen molar-refractivity contribution in [2.45, 2.75) is 57.4 Å². The second-order valence-electron chi connectivity index (χ2n) is 5.76. The standard InChI is InChI=1S/C15H21N/c1-11-6-5-7-13-12(2)10-15(16-14(11)13)8-3-4-9-15/h5-7,12,16H,3-4,8-10H2,1-2H3/t12-/m1/s1. The van der Waals surface area contributed by atoms with Gasteiger partial charge in [-0.3, -0.25) is 0 Å². The van der Waals surface area contributed by atoms with E-state index >= 15 is 0 Å². The third kappa shape index (κ3) is 1.45. The lowest BCUT2D eigenvalue weighted by atomic mass is 9.78. The maximum Gasteiger partial charge on any atom is 0.0409 e. The number of benzene rings is 1. The Balaban J connectivity index is 2.04. The molecule has 1 aromatic rings. The number of rotatable bonds is 0. The normalized spacial score (nSPS) is 26.5. The van der Waals surface area contributed by atoms with Gasteiger partial charge in [0.1, 0.15) is 0 Å². The lowest BCUT2D eigenvalue weighted by Crippen LogP contribution is -2.40. The summed E-state index contributed by atoms with van der Waals surface area (Å²) >= 11 is 0. The van der Waals surface area contributed by atoms with Crippen LogP contribution in [0.25, 0.3) is 0 Å². The molecule has 2 aliphatic rings. The molecule has 1 spiro atoms. The number of hydrogen-bond donors (Lipinski definition) is 1. The van der Waals surface area contributed by atoms with Crippen LogP contribution < -0.4 is 5.32 Å². The van der Waals surface area contributed by atoms with Crippen molar-refractivity contribution >= 4 is 5.69 Å². The topological polar surface area (TPSA) is 12.0 Å². The summed E-state index contributed by atoms with van der Waals surface area (Å²) in [7, 11) is 0. The molecule has 1 N–H and O–H groups in total. The van der Waals surface area contributed by atoms with Gasteiger partial charge in [-0.2, -0.15) is 0 Å². The summed E-state index contributed by atoms with van der Waals surface area (Å²) in [5, 5.41) is 3.87. The Hall–Kier alpha value is -0.980. The Kier molecular flexibility index (Phi) is 2.24. The third-order valence-corrected chi connectivity index (χ3v) is 4.48. The number of nitrogens with one attached hydrogen (secondary N) is 1. The van der Waals surface area contributed by atoms with Crippen LogP contribution >= 0.6 is 0 Å². The molecule has 1 fully saturated rings. The molecule has 1 saturated carbocycles. The molecule has 0 unspecified atom stereocenters. The van der Waals surface area contributed by atoms with Crippen molar-refractivity contribution in [3.05, 3.63) is 29.3 Å². The molecule has 1 heterocycles. The minimum Gasteiger partial charge on any atom is -0.379 e. The summed E-state index contributed by atoms with van der Waals surface area (Å²) in [5.41, 5.74) is 4.80. The second-order valence-corrected chi connectivity index (χ2v) is 5.76. The summed E-state index contributed by atoms with van der Waals surface area (Å²) in [6, 6.07) is 6.72. The Labute approximate surface area is 98.3 Å². The number of hydrogen-bond acceptors (Lipinski definition) is 1. The average molecular weight is 215 g/mol. The summed E-state index contributed by atoms with van der Waals surface area (Å²) in [5.74, 6) is 0.717. The van der Waals surface area contributed by atoms with Crippen LogP contribution in [0.15, 0.2) is 18.2 Å². The van der Waals surface area contributed by atoms with Gasteiger partial charge in [0.05, 0.1) is 0 Å². The van der Waals surface area contributed by atoms with Crippen LogP contribution in [0.4, 0.5) is 5.69 Å². The maximum atomic E-state index is 3.87. The molecule has 1 aromatic carbocycles. The van der Waals surface area contributed by atoms with Gasteiger partial charge in [-0.1, -0.05) is 38.0 Å². The monoisotopic (exact) mass is 215 g/mol. The Morgan fingerprint density at radius 1 is 1.25 bits per heavy atom. The molecular formula is C15H21N. The first kappa shape index (κ1) is 10.2. The van der Waals surface area contributed by atoms with Gasteiger partial charge in [-0.05, 0) is 43.2 Å². The van der Waals surface area contributed by atoms with Crippen molar-refractivity contribution in [3.63, 3.8) is 0 Å². The minimum absolute atomic E-state index is 0.429. The molecule has 0 amide bonds. The van der Waals surface area contributed by atoms with Gasteiger partial charge in [0.2, 0.25) is 0 Å². The first-order valence-corrected chi connectivity index (χ1v) is 6.58. The minimum atomic E-state index is 0.429. The predicted octanol–water partition coefficient (Wildman–Crippen LogP) is 4.23. The molecule has 86 valence electrons. The van der Waals surface area contributed by atoms with E-state index in [1.54, 1.807) is 0 Å².